The summed E-state index contributed by atoms with van der Waals surface area (Å²) in [6, 6.07) is 2.37. The monoisotopic (exact) mass is 194 g/mol. The molecule has 0 aromatic carbocycles. The molecule has 0 spiro atoms. The SMILES string of the molecule is CCOC(=O)c1cc(C(=O)[O-])ccn1. The molecule has 1 aromatic rings. The van der Waals surface area contributed by atoms with Crippen LogP contribution < -0.4 is 5.11 Å². The van der Waals surface area contributed by atoms with E-state index < -0.39 is 11.9 Å². The Morgan fingerprint density at radius 2 is 2.29 bits per heavy atom. The van der Waals surface area contributed by atoms with Crippen LogP contribution in [0.4, 0.5) is 0 Å². The van der Waals surface area contributed by atoms with Gasteiger partial charge in [-0.25, -0.2) is 9.78 Å². The van der Waals surface area contributed by atoms with E-state index in [1.54, 1.807) is 6.92 Å². The maximum Gasteiger partial charge on any atom is 0.356 e. The molecule has 0 saturated carbocycles. The number of hydrogen-bond acceptors (Lipinski definition) is 5. The average Bonchev–Trinajstić information content (AvgIpc) is 2.18. The minimum absolute atomic E-state index is 0.0337. The quantitative estimate of drug-likeness (QED) is 0.613. The number of carbonyl (C=O) groups excluding carboxylic acids is 2. The fourth-order valence-corrected chi connectivity index (χ4v) is 0.874. The van der Waals surface area contributed by atoms with Crippen molar-refractivity contribution in [2.45, 2.75) is 6.92 Å². The standard InChI is InChI=1S/C9H9NO4/c1-2-14-9(13)7-5-6(8(11)12)3-4-10-7/h3-5H,2H2,1H3,(H,11,12)/p-1. The summed E-state index contributed by atoms with van der Waals surface area (Å²) in [5, 5.41) is 10.4. The third-order valence-electron chi connectivity index (χ3n) is 1.48. The Bertz CT molecular complexity index is 362. The molecule has 0 unspecified atom stereocenters. The van der Waals surface area contributed by atoms with E-state index in [-0.39, 0.29) is 17.9 Å². The Labute approximate surface area is 80.3 Å². The topological polar surface area (TPSA) is 79.3 Å². The van der Waals surface area contributed by atoms with Crippen LogP contribution in [0.3, 0.4) is 0 Å². The van der Waals surface area contributed by atoms with Gasteiger partial charge in [0.25, 0.3) is 0 Å². The molecule has 0 atom stereocenters. The van der Waals surface area contributed by atoms with Crippen LogP contribution in [0.25, 0.3) is 0 Å². The highest BCUT2D eigenvalue weighted by Gasteiger charge is 2.08. The molecule has 0 aliphatic rings. The van der Waals surface area contributed by atoms with E-state index >= 15 is 0 Å². The molecule has 1 aromatic heterocycles. The number of esters is 1. The van der Waals surface area contributed by atoms with Gasteiger partial charge in [0.1, 0.15) is 5.69 Å². The van der Waals surface area contributed by atoms with Gasteiger partial charge in [-0.2, -0.15) is 0 Å². The number of hydrogen-bond donors (Lipinski definition) is 0. The molecule has 0 fully saturated rings. The minimum atomic E-state index is -1.35. The Kier molecular flexibility index (Phi) is 3.17. The summed E-state index contributed by atoms with van der Waals surface area (Å²) in [7, 11) is 0. The Morgan fingerprint density at radius 3 is 2.86 bits per heavy atom. The van der Waals surface area contributed by atoms with E-state index in [9.17, 15) is 14.7 Å². The lowest BCUT2D eigenvalue weighted by atomic mass is 10.2. The summed E-state index contributed by atoms with van der Waals surface area (Å²) in [5.41, 5.74) is -0.128. The summed E-state index contributed by atoms with van der Waals surface area (Å²) in [6.45, 7) is 1.87. The van der Waals surface area contributed by atoms with Crippen molar-refractivity contribution in [1.82, 2.24) is 4.98 Å². The molecule has 0 N–H and O–H groups in total. The van der Waals surface area contributed by atoms with Gasteiger partial charge in [0, 0.05) is 11.8 Å². The van der Waals surface area contributed by atoms with E-state index in [4.69, 9.17) is 0 Å². The van der Waals surface area contributed by atoms with Crippen LogP contribution in [-0.2, 0) is 4.74 Å². The van der Waals surface area contributed by atoms with Crippen molar-refractivity contribution in [3.05, 3.63) is 29.6 Å². The normalized spacial score (nSPS) is 9.50. The largest absolute Gasteiger partial charge is 0.545 e. The van der Waals surface area contributed by atoms with Crippen LogP contribution in [0.5, 0.6) is 0 Å². The number of carboxylic acids is 1. The lowest BCUT2D eigenvalue weighted by molar-refractivity contribution is -0.255. The van der Waals surface area contributed by atoms with Crippen LogP contribution in [0.15, 0.2) is 18.3 Å². The van der Waals surface area contributed by atoms with Crippen molar-refractivity contribution in [2.24, 2.45) is 0 Å². The molecule has 0 bridgehead atoms. The Morgan fingerprint density at radius 1 is 1.57 bits per heavy atom. The number of rotatable bonds is 3. The predicted molar refractivity (Wildman–Crippen MR) is 44.5 cm³/mol. The molecule has 5 heteroatoms. The number of aromatic carboxylic acids is 1. The van der Waals surface area contributed by atoms with Gasteiger partial charge < -0.3 is 14.6 Å². The van der Waals surface area contributed by atoms with Crippen LogP contribution in [0, 0.1) is 0 Å². The maximum atomic E-state index is 11.1. The van der Waals surface area contributed by atoms with E-state index in [0.29, 0.717) is 0 Å². The first-order chi connectivity index (χ1) is 6.65. The van der Waals surface area contributed by atoms with E-state index in [2.05, 4.69) is 9.72 Å². The van der Waals surface area contributed by atoms with Crippen LogP contribution >= 0.6 is 0 Å². The molecule has 1 rings (SSSR count). The van der Waals surface area contributed by atoms with Crippen molar-refractivity contribution in [3.63, 3.8) is 0 Å². The summed E-state index contributed by atoms with van der Waals surface area (Å²) in [5.74, 6) is -1.99. The van der Waals surface area contributed by atoms with Crippen molar-refractivity contribution < 1.29 is 19.4 Å². The summed E-state index contributed by atoms with van der Waals surface area (Å²) in [4.78, 5) is 25.2. The van der Waals surface area contributed by atoms with Gasteiger partial charge in [-0.1, -0.05) is 0 Å². The summed E-state index contributed by atoms with van der Waals surface area (Å²) >= 11 is 0. The maximum absolute atomic E-state index is 11.1. The zero-order valence-corrected chi connectivity index (χ0v) is 7.52. The lowest BCUT2D eigenvalue weighted by Crippen LogP contribution is -2.23. The summed E-state index contributed by atoms with van der Waals surface area (Å²) in [6.07, 6.45) is 1.22. The fourth-order valence-electron chi connectivity index (χ4n) is 0.874. The molecular weight excluding hydrogens is 186 g/mol. The highest BCUT2D eigenvalue weighted by atomic mass is 16.5. The van der Waals surface area contributed by atoms with E-state index in [1.165, 1.54) is 12.3 Å². The van der Waals surface area contributed by atoms with Crippen molar-refractivity contribution in [1.29, 1.82) is 0 Å². The molecular formula is C9H8NO4-. The molecule has 0 radical (unpaired) electrons. The second-order valence-electron chi connectivity index (χ2n) is 2.44. The first-order valence-corrected chi connectivity index (χ1v) is 3.99. The highest BCUT2D eigenvalue weighted by Crippen LogP contribution is 2.02. The van der Waals surface area contributed by atoms with Crippen molar-refractivity contribution in [2.75, 3.05) is 6.61 Å². The van der Waals surface area contributed by atoms with Crippen LogP contribution in [0.1, 0.15) is 27.8 Å². The van der Waals surface area contributed by atoms with E-state index in [1.807, 2.05) is 0 Å². The van der Waals surface area contributed by atoms with Gasteiger partial charge in [-0.15, -0.1) is 0 Å². The molecule has 0 aliphatic heterocycles. The first kappa shape index (κ1) is 10.2. The zero-order valence-electron chi connectivity index (χ0n) is 7.52. The second kappa shape index (κ2) is 4.36. The number of carboxylic acid groups (broad SMARTS) is 1. The third kappa shape index (κ3) is 2.29. The zero-order chi connectivity index (χ0) is 10.6. The average molecular weight is 194 g/mol. The van der Waals surface area contributed by atoms with Crippen molar-refractivity contribution >= 4 is 11.9 Å². The highest BCUT2D eigenvalue weighted by molar-refractivity contribution is 5.92. The second-order valence-corrected chi connectivity index (χ2v) is 2.44. The van der Waals surface area contributed by atoms with Gasteiger partial charge in [0.15, 0.2) is 0 Å². The molecule has 5 nitrogen and oxygen atoms in total. The number of nitrogens with zero attached hydrogens (tertiary/aromatic N) is 1. The molecule has 0 aliphatic carbocycles. The smallest absolute Gasteiger partial charge is 0.356 e. The summed E-state index contributed by atoms with van der Waals surface area (Å²) < 4.78 is 4.65. The number of aromatic nitrogens is 1. The predicted octanol–water partition coefficient (Wildman–Crippen LogP) is -0.378. The number of pyridine rings is 1. The molecule has 74 valence electrons. The first-order valence-electron chi connectivity index (χ1n) is 3.99. The number of ether oxygens (including phenoxy) is 1. The Balaban J connectivity index is 2.93. The lowest BCUT2D eigenvalue weighted by Gasteiger charge is -2.04. The van der Waals surface area contributed by atoms with Gasteiger partial charge in [0.05, 0.1) is 12.6 Å². The van der Waals surface area contributed by atoms with Crippen molar-refractivity contribution in [3.8, 4) is 0 Å². The molecule has 14 heavy (non-hydrogen) atoms. The third-order valence-corrected chi connectivity index (χ3v) is 1.48. The molecule has 0 amide bonds. The number of carbonyl (C=O) groups is 2. The molecule has 1 heterocycles. The minimum Gasteiger partial charge on any atom is -0.545 e. The Hall–Kier alpha value is -1.91. The van der Waals surface area contributed by atoms with Gasteiger partial charge in [0.2, 0.25) is 0 Å². The van der Waals surface area contributed by atoms with E-state index in [0.717, 1.165) is 6.07 Å². The molecule has 0 saturated heterocycles. The fraction of sp³-hybridized carbons (Fsp3) is 0.222. The van der Waals surface area contributed by atoms with Crippen LogP contribution in [-0.4, -0.2) is 23.5 Å². The van der Waals surface area contributed by atoms with Gasteiger partial charge in [-0.05, 0) is 19.1 Å². The van der Waals surface area contributed by atoms with Gasteiger partial charge >= 0.3 is 5.97 Å². The van der Waals surface area contributed by atoms with Gasteiger partial charge in [-0.3, -0.25) is 0 Å². The van der Waals surface area contributed by atoms with Crippen LogP contribution in [0.2, 0.25) is 0 Å².